The number of aryl methyl sites for hydroxylation is 1. The highest BCUT2D eigenvalue weighted by molar-refractivity contribution is 7.22. The molecule has 0 radical (unpaired) electrons. The van der Waals surface area contributed by atoms with Crippen molar-refractivity contribution in [2.75, 3.05) is 18.0 Å². The minimum atomic E-state index is -0.273. The predicted octanol–water partition coefficient (Wildman–Crippen LogP) is 4.33. The Balaban J connectivity index is 1.29. The Kier molecular flexibility index (Phi) is 5.15. The number of carbonyl (C=O) groups is 1. The molecular weight excluding hydrogens is 413 g/mol. The second kappa shape index (κ2) is 8.11. The Morgan fingerprint density at radius 3 is 2.52 bits per heavy atom. The molecule has 2 aromatic heterocycles. The van der Waals surface area contributed by atoms with Gasteiger partial charge in [-0.1, -0.05) is 29.5 Å². The molecule has 0 saturated carbocycles. The van der Waals surface area contributed by atoms with Crippen LogP contribution in [-0.4, -0.2) is 39.8 Å². The van der Waals surface area contributed by atoms with Crippen LogP contribution in [0.2, 0.25) is 0 Å². The lowest BCUT2D eigenvalue weighted by atomic mass is 10.0. The summed E-state index contributed by atoms with van der Waals surface area (Å²) < 4.78 is 16.1. The summed E-state index contributed by atoms with van der Waals surface area (Å²) in [4.78, 5) is 19.5. The molecule has 1 aliphatic heterocycles. The Labute approximate surface area is 183 Å². The highest BCUT2D eigenvalue weighted by Crippen LogP contribution is 2.33. The van der Waals surface area contributed by atoms with Gasteiger partial charge >= 0.3 is 0 Å². The van der Waals surface area contributed by atoms with Crippen molar-refractivity contribution in [2.24, 2.45) is 0 Å². The molecule has 1 N–H and O–H groups in total. The molecule has 8 heteroatoms. The van der Waals surface area contributed by atoms with Crippen LogP contribution < -0.4 is 10.2 Å². The van der Waals surface area contributed by atoms with E-state index in [9.17, 15) is 9.18 Å². The van der Waals surface area contributed by atoms with Crippen molar-refractivity contribution in [3.63, 3.8) is 0 Å². The van der Waals surface area contributed by atoms with E-state index < -0.39 is 0 Å². The van der Waals surface area contributed by atoms with Crippen LogP contribution in [0.1, 0.15) is 28.9 Å². The lowest BCUT2D eigenvalue weighted by Crippen LogP contribution is -2.44. The van der Waals surface area contributed by atoms with Crippen LogP contribution in [-0.2, 0) is 0 Å². The molecular formula is C23H22FN5OS. The van der Waals surface area contributed by atoms with Gasteiger partial charge in [0.05, 0.1) is 16.1 Å². The summed E-state index contributed by atoms with van der Waals surface area (Å²) >= 11 is 1.63. The van der Waals surface area contributed by atoms with Crippen molar-refractivity contribution < 1.29 is 9.18 Å². The number of nitrogens with zero attached hydrogens (tertiary/aromatic N) is 4. The topological polar surface area (TPSA) is 63.1 Å². The van der Waals surface area contributed by atoms with Crippen LogP contribution in [0.5, 0.6) is 0 Å². The van der Waals surface area contributed by atoms with E-state index in [1.54, 1.807) is 28.2 Å². The molecule has 1 amide bonds. The highest BCUT2D eigenvalue weighted by Gasteiger charge is 2.25. The quantitative estimate of drug-likeness (QED) is 0.518. The number of anilines is 1. The Hall–Kier alpha value is -3.26. The molecule has 0 atom stereocenters. The number of benzene rings is 2. The number of fused-ring (bicyclic) bond motifs is 1. The number of hydrogen-bond acceptors (Lipinski definition) is 5. The lowest BCUT2D eigenvalue weighted by molar-refractivity contribution is 0.0931. The van der Waals surface area contributed by atoms with Crippen LogP contribution in [0.3, 0.4) is 0 Å². The highest BCUT2D eigenvalue weighted by atomic mass is 32.1. The van der Waals surface area contributed by atoms with Crippen molar-refractivity contribution in [2.45, 2.75) is 25.8 Å². The van der Waals surface area contributed by atoms with Gasteiger partial charge in [-0.2, -0.15) is 10.1 Å². The van der Waals surface area contributed by atoms with Crippen LogP contribution in [0.25, 0.3) is 16.0 Å². The Bertz CT molecular complexity index is 1210. The van der Waals surface area contributed by atoms with Gasteiger partial charge in [-0.3, -0.25) is 4.79 Å². The molecule has 158 valence electrons. The average molecular weight is 436 g/mol. The second-order valence-corrected chi connectivity index (χ2v) is 8.70. The monoisotopic (exact) mass is 435 g/mol. The van der Waals surface area contributed by atoms with Gasteiger partial charge in [-0.15, -0.1) is 0 Å². The third-order valence-corrected chi connectivity index (χ3v) is 6.80. The van der Waals surface area contributed by atoms with E-state index in [1.807, 2.05) is 37.3 Å². The van der Waals surface area contributed by atoms with E-state index in [4.69, 9.17) is 4.98 Å². The van der Waals surface area contributed by atoms with E-state index in [0.29, 0.717) is 5.56 Å². The second-order valence-electron chi connectivity index (χ2n) is 7.72. The first-order valence-electron chi connectivity index (χ1n) is 10.3. The number of nitrogens with one attached hydrogen (secondary N) is 1. The summed E-state index contributed by atoms with van der Waals surface area (Å²) in [6, 6.07) is 15.8. The normalized spacial score (nSPS) is 14.8. The fraction of sp³-hybridized carbons (Fsp3) is 0.261. The number of carbonyl (C=O) groups excluding carboxylic acids is 1. The molecule has 1 aliphatic rings. The number of rotatable bonds is 4. The number of piperidine rings is 1. The van der Waals surface area contributed by atoms with Crippen molar-refractivity contribution >= 4 is 32.7 Å². The number of aromatic nitrogens is 3. The third-order valence-electron chi connectivity index (χ3n) is 5.59. The van der Waals surface area contributed by atoms with Gasteiger partial charge in [0.2, 0.25) is 0 Å². The number of amides is 1. The summed E-state index contributed by atoms with van der Waals surface area (Å²) in [7, 11) is 0. The van der Waals surface area contributed by atoms with Gasteiger partial charge in [0.15, 0.2) is 10.8 Å². The molecule has 0 unspecified atom stereocenters. The van der Waals surface area contributed by atoms with E-state index in [1.165, 1.54) is 12.1 Å². The summed E-state index contributed by atoms with van der Waals surface area (Å²) in [6.45, 7) is 3.63. The minimum absolute atomic E-state index is 0.0194. The minimum Gasteiger partial charge on any atom is -0.349 e. The van der Waals surface area contributed by atoms with Crippen LogP contribution in [0, 0.1) is 12.7 Å². The summed E-state index contributed by atoms with van der Waals surface area (Å²) in [5.74, 6) is -0.292. The zero-order valence-corrected chi connectivity index (χ0v) is 17.9. The van der Waals surface area contributed by atoms with Gasteiger partial charge in [-0.25, -0.2) is 9.07 Å². The van der Waals surface area contributed by atoms with E-state index in [0.717, 1.165) is 52.8 Å². The van der Waals surface area contributed by atoms with Gasteiger partial charge in [0.25, 0.3) is 5.91 Å². The maximum absolute atomic E-state index is 13.3. The zero-order valence-electron chi connectivity index (χ0n) is 17.1. The van der Waals surface area contributed by atoms with Crippen molar-refractivity contribution in [3.8, 4) is 5.69 Å². The summed E-state index contributed by atoms with van der Waals surface area (Å²) in [6.07, 6.45) is 1.75. The van der Waals surface area contributed by atoms with E-state index >= 15 is 0 Å². The van der Waals surface area contributed by atoms with Gasteiger partial charge < -0.3 is 10.2 Å². The first-order chi connectivity index (χ1) is 15.1. The first-order valence-corrected chi connectivity index (χ1v) is 11.1. The van der Waals surface area contributed by atoms with Crippen molar-refractivity contribution in [3.05, 3.63) is 71.7 Å². The average Bonchev–Trinajstić information content (AvgIpc) is 3.36. The van der Waals surface area contributed by atoms with Crippen LogP contribution >= 0.6 is 11.3 Å². The standard InChI is InChI=1S/C23H22FN5OS/c1-15-20-21(29(27-15)19-9-7-17(24)8-10-19)26-23(31-20)28-13-11-18(12-14-28)25-22(30)16-5-3-2-4-6-16/h2-10,18H,11-14H2,1H3,(H,25,30). The molecule has 5 rings (SSSR count). The van der Waals surface area contributed by atoms with Crippen molar-refractivity contribution in [1.82, 2.24) is 20.1 Å². The number of hydrogen-bond donors (Lipinski definition) is 1. The van der Waals surface area contributed by atoms with Crippen molar-refractivity contribution in [1.29, 1.82) is 0 Å². The summed E-state index contributed by atoms with van der Waals surface area (Å²) in [5, 5.41) is 8.69. The van der Waals surface area contributed by atoms with E-state index in [-0.39, 0.29) is 17.8 Å². The zero-order chi connectivity index (χ0) is 21.4. The maximum atomic E-state index is 13.3. The Morgan fingerprint density at radius 1 is 1.10 bits per heavy atom. The molecule has 0 bridgehead atoms. The molecule has 6 nitrogen and oxygen atoms in total. The Morgan fingerprint density at radius 2 is 1.81 bits per heavy atom. The first kappa shape index (κ1) is 19.7. The molecule has 0 aliphatic carbocycles. The molecule has 0 spiro atoms. The summed E-state index contributed by atoms with van der Waals surface area (Å²) in [5.41, 5.74) is 3.19. The SMILES string of the molecule is Cc1nn(-c2ccc(F)cc2)c2nc(N3CCC(NC(=O)c4ccccc4)CC3)sc12. The number of thiazole rings is 1. The molecule has 4 aromatic rings. The largest absolute Gasteiger partial charge is 0.349 e. The third kappa shape index (κ3) is 3.90. The molecule has 1 saturated heterocycles. The maximum Gasteiger partial charge on any atom is 0.251 e. The van der Waals surface area contributed by atoms with Crippen LogP contribution in [0.15, 0.2) is 54.6 Å². The predicted molar refractivity (Wildman–Crippen MR) is 121 cm³/mol. The van der Waals surface area contributed by atoms with Gasteiger partial charge in [0, 0.05) is 24.7 Å². The number of halogens is 1. The lowest BCUT2D eigenvalue weighted by Gasteiger charge is -2.32. The smallest absolute Gasteiger partial charge is 0.251 e. The van der Waals surface area contributed by atoms with E-state index in [2.05, 4.69) is 15.3 Å². The van der Waals surface area contributed by atoms with Gasteiger partial charge in [0.1, 0.15) is 5.82 Å². The fourth-order valence-electron chi connectivity index (χ4n) is 3.89. The molecule has 3 heterocycles. The molecule has 1 fully saturated rings. The fourth-order valence-corrected chi connectivity index (χ4v) is 4.93. The molecule has 2 aromatic carbocycles. The van der Waals surface area contributed by atoms with Gasteiger partial charge in [-0.05, 0) is 56.2 Å². The molecule has 31 heavy (non-hydrogen) atoms. The van der Waals surface area contributed by atoms with Crippen LogP contribution in [0.4, 0.5) is 9.52 Å².